The molecule has 5 rings (SSSR count). The van der Waals surface area contributed by atoms with Gasteiger partial charge in [-0.25, -0.2) is 4.39 Å². The van der Waals surface area contributed by atoms with Crippen molar-refractivity contribution in [1.82, 2.24) is 4.57 Å². The highest BCUT2D eigenvalue weighted by Gasteiger charge is 2.40. The first-order valence-electron chi connectivity index (χ1n) is 11.7. The fourth-order valence-electron chi connectivity index (χ4n) is 5.42. The second kappa shape index (κ2) is 8.87. The van der Waals surface area contributed by atoms with Gasteiger partial charge in [0.05, 0.1) is 18.4 Å². The van der Waals surface area contributed by atoms with Crippen LogP contribution in [0.4, 0.5) is 4.39 Å². The molecule has 2 fully saturated rings. The summed E-state index contributed by atoms with van der Waals surface area (Å²) in [6.45, 7) is 2.93. The maximum atomic E-state index is 14.2. The van der Waals surface area contributed by atoms with Crippen molar-refractivity contribution in [2.45, 2.75) is 44.6 Å². The van der Waals surface area contributed by atoms with Gasteiger partial charge in [-0.3, -0.25) is 9.59 Å². The van der Waals surface area contributed by atoms with Crippen molar-refractivity contribution in [2.24, 2.45) is 5.92 Å². The van der Waals surface area contributed by atoms with Crippen LogP contribution in [0.2, 0.25) is 0 Å². The van der Waals surface area contributed by atoms with Crippen LogP contribution in [-0.2, 0) is 14.3 Å². The second-order valence-electron chi connectivity index (χ2n) is 9.36. The topological polar surface area (TPSA) is 77.8 Å². The number of hydrogen-bond donors (Lipinski definition) is 1. The summed E-state index contributed by atoms with van der Waals surface area (Å²) in [5, 5.41) is 11.3. The van der Waals surface area contributed by atoms with Gasteiger partial charge < -0.3 is 19.1 Å². The fourth-order valence-corrected chi connectivity index (χ4v) is 5.42. The van der Waals surface area contributed by atoms with Crippen molar-refractivity contribution in [3.05, 3.63) is 63.8 Å². The first-order chi connectivity index (χ1) is 16.4. The van der Waals surface area contributed by atoms with Crippen LogP contribution in [0.15, 0.2) is 41.2 Å². The lowest BCUT2D eigenvalue weighted by atomic mass is 9.78. The lowest BCUT2D eigenvalue weighted by Gasteiger charge is -2.39. The lowest BCUT2D eigenvalue weighted by molar-refractivity contribution is -0.149. The van der Waals surface area contributed by atoms with E-state index in [1.165, 1.54) is 19.2 Å². The van der Waals surface area contributed by atoms with E-state index in [0.717, 1.165) is 35.0 Å². The average molecular weight is 466 g/mol. The van der Waals surface area contributed by atoms with Gasteiger partial charge in [-0.05, 0) is 79.5 Å². The first-order valence-corrected chi connectivity index (χ1v) is 11.7. The number of ether oxygens (including phenoxy) is 2. The Hall–Kier alpha value is -3.19. The van der Waals surface area contributed by atoms with Gasteiger partial charge in [-0.15, -0.1) is 0 Å². The number of nitrogens with zero attached hydrogens (tertiary/aromatic N) is 1. The Bertz CT molecular complexity index is 1320. The molecule has 1 aliphatic carbocycles. The van der Waals surface area contributed by atoms with E-state index >= 15 is 0 Å². The second-order valence-corrected chi connectivity index (χ2v) is 9.36. The number of phenolic OH excluding ortho intramolecular Hbond substituents is 1. The fraction of sp³-hybridized carbons (Fsp3) is 0.407. The van der Waals surface area contributed by atoms with Crippen molar-refractivity contribution in [2.75, 3.05) is 20.3 Å². The monoisotopic (exact) mass is 465 g/mol. The molecule has 34 heavy (non-hydrogen) atoms. The molecule has 2 aromatic carbocycles. The van der Waals surface area contributed by atoms with Crippen molar-refractivity contribution in [3.63, 3.8) is 0 Å². The zero-order valence-electron chi connectivity index (χ0n) is 19.3. The lowest BCUT2D eigenvalue weighted by Crippen LogP contribution is -2.40. The van der Waals surface area contributed by atoms with Gasteiger partial charge in [0.15, 0.2) is 0 Å². The predicted octanol–water partition coefficient (Wildman–Crippen LogP) is 4.84. The van der Waals surface area contributed by atoms with Crippen LogP contribution in [0.25, 0.3) is 21.9 Å². The summed E-state index contributed by atoms with van der Waals surface area (Å²) in [6.07, 6.45) is 2.58. The van der Waals surface area contributed by atoms with Crippen LogP contribution in [0.5, 0.6) is 5.75 Å². The third kappa shape index (κ3) is 3.78. The molecule has 1 N–H and O–H groups in total. The number of benzene rings is 2. The van der Waals surface area contributed by atoms with E-state index in [0.29, 0.717) is 37.0 Å². The number of aryl methyl sites for hydroxylation is 1. The molecule has 0 spiro atoms. The summed E-state index contributed by atoms with van der Waals surface area (Å²) in [7, 11) is 1.38. The van der Waals surface area contributed by atoms with Gasteiger partial charge in [0.25, 0.3) is 5.56 Å². The number of aromatic nitrogens is 1. The van der Waals surface area contributed by atoms with Gasteiger partial charge in [0.1, 0.15) is 11.6 Å². The Labute approximate surface area is 196 Å². The number of aromatic hydroxyl groups is 1. The van der Waals surface area contributed by atoms with Crippen molar-refractivity contribution in [3.8, 4) is 16.9 Å². The van der Waals surface area contributed by atoms with E-state index in [1.54, 1.807) is 25.1 Å². The summed E-state index contributed by atoms with van der Waals surface area (Å²) in [6, 6.07) is 9.71. The molecule has 1 aromatic heterocycles. The highest BCUT2D eigenvalue weighted by Crippen LogP contribution is 2.45. The van der Waals surface area contributed by atoms with Gasteiger partial charge in [0.2, 0.25) is 0 Å². The van der Waals surface area contributed by atoms with Gasteiger partial charge in [-0.2, -0.15) is 0 Å². The summed E-state index contributed by atoms with van der Waals surface area (Å²) < 4.78 is 26.5. The van der Waals surface area contributed by atoms with Crippen LogP contribution in [0.3, 0.4) is 0 Å². The molecule has 0 amide bonds. The quantitative estimate of drug-likeness (QED) is 0.558. The van der Waals surface area contributed by atoms with Crippen molar-refractivity contribution < 1.29 is 23.8 Å². The maximum absolute atomic E-state index is 14.2. The molecule has 2 heterocycles. The highest BCUT2D eigenvalue weighted by molar-refractivity contribution is 5.98. The standard InChI is InChI=1S/C27H28FNO5/c1-15-11-17(3-6-23(15)28)24-21-5-4-20(30)14-22(21)26(31)29(19-12-18(13-19)27(32)33-2)25(24)16-7-9-34-10-8-16/h3-6,11,14,16,18-19,30H,7-10,12-13H2,1-2H3. The van der Waals surface area contributed by atoms with E-state index in [2.05, 4.69) is 0 Å². The predicted molar refractivity (Wildman–Crippen MR) is 127 cm³/mol. The number of fused-ring (bicyclic) bond motifs is 1. The molecule has 1 saturated carbocycles. The van der Waals surface area contributed by atoms with E-state index in [9.17, 15) is 19.1 Å². The van der Waals surface area contributed by atoms with Crippen LogP contribution < -0.4 is 5.56 Å². The average Bonchev–Trinajstić information content (AvgIpc) is 2.81. The Morgan fingerprint density at radius 1 is 1.12 bits per heavy atom. The maximum Gasteiger partial charge on any atom is 0.308 e. The Balaban J connectivity index is 1.80. The summed E-state index contributed by atoms with van der Waals surface area (Å²) in [4.78, 5) is 25.9. The van der Waals surface area contributed by atoms with Gasteiger partial charge >= 0.3 is 5.97 Å². The van der Waals surface area contributed by atoms with E-state index < -0.39 is 0 Å². The molecule has 0 atom stereocenters. The number of carbonyl (C=O) groups excluding carboxylic acids is 1. The van der Waals surface area contributed by atoms with E-state index in [1.807, 2.05) is 10.6 Å². The van der Waals surface area contributed by atoms with Crippen molar-refractivity contribution in [1.29, 1.82) is 0 Å². The zero-order valence-corrected chi connectivity index (χ0v) is 19.3. The Morgan fingerprint density at radius 3 is 2.53 bits per heavy atom. The molecule has 6 nitrogen and oxygen atoms in total. The summed E-state index contributed by atoms with van der Waals surface area (Å²) >= 11 is 0. The summed E-state index contributed by atoms with van der Waals surface area (Å²) in [5.41, 5.74) is 2.96. The van der Waals surface area contributed by atoms with Crippen LogP contribution in [-0.4, -0.2) is 36.0 Å². The van der Waals surface area contributed by atoms with Crippen LogP contribution in [0.1, 0.15) is 48.9 Å². The van der Waals surface area contributed by atoms with Gasteiger partial charge in [0, 0.05) is 36.4 Å². The van der Waals surface area contributed by atoms with Crippen LogP contribution >= 0.6 is 0 Å². The zero-order chi connectivity index (χ0) is 24.0. The van der Waals surface area contributed by atoms with E-state index in [4.69, 9.17) is 9.47 Å². The molecule has 178 valence electrons. The normalized spacial score (nSPS) is 20.8. The molecule has 0 radical (unpaired) electrons. The van der Waals surface area contributed by atoms with Crippen LogP contribution in [0, 0.1) is 18.7 Å². The number of carbonyl (C=O) groups is 1. The number of phenols is 1. The first kappa shape index (κ1) is 22.6. The third-order valence-corrected chi connectivity index (χ3v) is 7.30. The Morgan fingerprint density at radius 2 is 1.85 bits per heavy atom. The minimum atomic E-state index is -0.286. The number of hydrogen-bond acceptors (Lipinski definition) is 5. The number of halogens is 1. The molecule has 1 aliphatic heterocycles. The molecular formula is C27H28FNO5. The molecule has 3 aromatic rings. The molecule has 2 aliphatic rings. The number of methoxy groups -OCH3 is 1. The smallest absolute Gasteiger partial charge is 0.308 e. The minimum Gasteiger partial charge on any atom is -0.508 e. The summed E-state index contributed by atoms with van der Waals surface area (Å²) in [5.74, 6) is -0.688. The number of pyridine rings is 1. The Kier molecular flexibility index (Phi) is 5.90. The number of rotatable bonds is 4. The SMILES string of the molecule is COC(=O)C1CC(n2c(C3CCOCC3)c(-c3ccc(F)c(C)c3)c3ccc(O)cc3c2=O)C1. The van der Waals surface area contributed by atoms with Crippen molar-refractivity contribution >= 4 is 16.7 Å². The molecule has 0 bridgehead atoms. The highest BCUT2D eigenvalue weighted by atomic mass is 19.1. The van der Waals surface area contributed by atoms with E-state index in [-0.39, 0.29) is 41.0 Å². The number of esters is 1. The molecule has 7 heteroatoms. The molecule has 1 saturated heterocycles. The van der Waals surface area contributed by atoms with Gasteiger partial charge in [-0.1, -0.05) is 6.07 Å². The largest absolute Gasteiger partial charge is 0.508 e. The molecule has 0 unspecified atom stereocenters. The third-order valence-electron chi connectivity index (χ3n) is 7.30. The minimum absolute atomic E-state index is 0.0113. The molecular weight excluding hydrogens is 437 g/mol.